The molecule has 2 aromatic carbocycles. The van der Waals surface area contributed by atoms with Crippen molar-refractivity contribution in [3.8, 4) is 11.5 Å². The van der Waals surface area contributed by atoms with Crippen LogP contribution in [0, 0.1) is 0 Å². The minimum absolute atomic E-state index is 0.0540. The van der Waals surface area contributed by atoms with Gasteiger partial charge in [0.15, 0.2) is 11.5 Å². The lowest BCUT2D eigenvalue weighted by Crippen LogP contribution is -2.33. The lowest BCUT2D eigenvalue weighted by molar-refractivity contribution is -0.117. The second-order valence-corrected chi connectivity index (χ2v) is 7.34. The highest BCUT2D eigenvalue weighted by molar-refractivity contribution is 5.93. The van der Waals surface area contributed by atoms with Gasteiger partial charge in [-0.05, 0) is 61.3 Å². The number of carbonyl (C=O) groups excluding carboxylic acids is 2. The van der Waals surface area contributed by atoms with Crippen LogP contribution in [-0.2, 0) is 9.59 Å². The Morgan fingerprint density at radius 1 is 1.00 bits per heavy atom. The van der Waals surface area contributed by atoms with Crippen molar-refractivity contribution >= 4 is 23.2 Å². The molecule has 0 saturated carbocycles. The summed E-state index contributed by atoms with van der Waals surface area (Å²) in [6.45, 7) is 3.81. The average Bonchev–Trinajstić information content (AvgIpc) is 3.16. The molecule has 2 aliphatic heterocycles. The highest BCUT2D eigenvalue weighted by atomic mass is 16.6. The van der Waals surface area contributed by atoms with Crippen molar-refractivity contribution in [1.82, 2.24) is 4.90 Å². The Morgan fingerprint density at radius 2 is 1.69 bits per heavy atom. The van der Waals surface area contributed by atoms with Crippen LogP contribution in [-0.4, -0.2) is 43.0 Å². The molecule has 7 nitrogen and oxygen atoms in total. The number of nitrogens with zero attached hydrogens (tertiary/aromatic N) is 1. The molecule has 0 radical (unpaired) electrons. The highest BCUT2D eigenvalue weighted by Gasteiger charge is 2.28. The number of hydrogen-bond acceptors (Lipinski definition) is 5. The minimum Gasteiger partial charge on any atom is -0.486 e. The monoisotopic (exact) mass is 395 g/mol. The van der Waals surface area contributed by atoms with Crippen LogP contribution in [0.1, 0.15) is 31.4 Å². The molecule has 0 aromatic heterocycles. The summed E-state index contributed by atoms with van der Waals surface area (Å²) in [6.07, 6.45) is 2.07. The number of hydrogen-bond donors (Lipinski definition) is 2. The number of fused-ring (bicyclic) bond motifs is 1. The van der Waals surface area contributed by atoms with Gasteiger partial charge in [-0.25, -0.2) is 0 Å². The van der Waals surface area contributed by atoms with Gasteiger partial charge in [-0.3, -0.25) is 14.5 Å². The van der Waals surface area contributed by atoms with Crippen LogP contribution in [0.15, 0.2) is 42.5 Å². The Bertz CT molecular complexity index is 897. The molecule has 0 aliphatic carbocycles. The van der Waals surface area contributed by atoms with Gasteiger partial charge in [-0.1, -0.05) is 6.07 Å². The summed E-state index contributed by atoms with van der Waals surface area (Å²) < 4.78 is 11.3. The molecule has 1 fully saturated rings. The Hall–Kier alpha value is -3.06. The Kier molecular flexibility index (Phi) is 5.67. The van der Waals surface area contributed by atoms with Gasteiger partial charge in [-0.15, -0.1) is 0 Å². The summed E-state index contributed by atoms with van der Waals surface area (Å²) in [6, 6.07) is 13.4. The standard InChI is InChI=1S/C22H25N3O4/c1-15(26)23-17-5-7-18(8-6-17)24-22(27)14-25-10-2-3-19(25)16-4-9-20-21(13-16)29-12-11-28-20/h4-9,13,19H,2-3,10-12,14H2,1H3,(H,23,26)(H,24,27)/t19-/m0/s1. The van der Waals surface area contributed by atoms with E-state index in [4.69, 9.17) is 9.47 Å². The van der Waals surface area contributed by atoms with Gasteiger partial charge in [0, 0.05) is 24.3 Å². The van der Waals surface area contributed by atoms with Crippen LogP contribution >= 0.6 is 0 Å². The quantitative estimate of drug-likeness (QED) is 0.813. The lowest BCUT2D eigenvalue weighted by Gasteiger charge is -2.26. The van der Waals surface area contributed by atoms with Gasteiger partial charge >= 0.3 is 0 Å². The zero-order chi connectivity index (χ0) is 20.2. The summed E-state index contributed by atoms with van der Waals surface area (Å²) in [5.74, 6) is 1.39. The third-order valence-corrected chi connectivity index (χ3v) is 5.15. The van der Waals surface area contributed by atoms with E-state index in [1.807, 2.05) is 12.1 Å². The lowest BCUT2D eigenvalue weighted by atomic mass is 10.0. The number of ether oxygens (including phenoxy) is 2. The van der Waals surface area contributed by atoms with E-state index in [1.165, 1.54) is 6.92 Å². The maximum absolute atomic E-state index is 12.6. The van der Waals surface area contributed by atoms with E-state index in [0.29, 0.717) is 31.1 Å². The fraction of sp³-hybridized carbons (Fsp3) is 0.364. The molecular formula is C22H25N3O4. The molecule has 2 amide bonds. The highest BCUT2D eigenvalue weighted by Crippen LogP contribution is 2.37. The number of rotatable bonds is 5. The molecule has 29 heavy (non-hydrogen) atoms. The molecule has 1 saturated heterocycles. The largest absolute Gasteiger partial charge is 0.486 e. The first kappa shape index (κ1) is 19.3. The molecule has 0 unspecified atom stereocenters. The van der Waals surface area contributed by atoms with Crippen molar-refractivity contribution in [2.75, 3.05) is 36.9 Å². The van der Waals surface area contributed by atoms with E-state index < -0.39 is 0 Å². The van der Waals surface area contributed by atoms with Gasteiger partial charge in [0.05, 0.1) is 6.54 Å². The summed E-state index contributed by atoms with van der Waals surface area (Å²) in [4.78, 5) is 25.9. The number of benzene rings is 2. The van der Waals surface area contributed by atoms with Crippen LogP contribution in [0.4, 0.5) is 11.4 Å². The van der Waals surface area contributed by atoms with Crippen molar-refractivity contribution in [3.63, 3.8) is 0 Å². The second-order valence-electron chi connectivity index (χ2n) is 7.34. The van der Waals surface area contributed by atoms with Crippen molar-refractivity contribution in [1.29, 1.82) is 0 Å². The van der Waals surface area contributed by atoms with Crippen LogP contribution in [0.5, 0.6) is 11.5 Å². The normalized spacial score (nSPS) is 18.3. The molecule has 0 spiro atoms. The summed E-state index contributed by atoms with van der Waals surface area (Å²) in [7, 11) is 0. The summed E-state index contributed by atoms with van der Waals surface area (Å²) in [5, 5.41) is 5.64. The first-order chi connectivity index (χ1) is 14.1. The molecule has 2 N–H and O–H groups in total. The third kappa shape index (κ3) is 4.68. The van der Waals surface area contributed by atoms with E-state index in [-0.39, 0.29) is 17.9 Å². The van der Waals surface area contributed by atoms with E-state index in [2.05, 4.69) is 21.6 Å². The Labute approximate surface area is 170 Å². The number of carbonyl (C=O) groups is 2. The fourth-order valence-electron chi connectivity index (χ4n) is 3.89. The van der Waals surface area contributed by atoms with Crippen LogP contribution < -0.4 is 20.1 Å². The topological polar surface area (TPSA) is 79.9 Å². The molecule has 2 aromatic rings. The number of anilines is 2. The Balaban J connectivity index is 1.38. The van der Waals surface area contributed by atoms with Gasteiger partial charge < -0.3 is 20.1 Å². The van der Waals surface area contributed by atoms with Crippen LogP contribution in [0.3, 0.4) is 0 Å². The molecule has 2 aliphatic rings. The smallest absolute Gasteiger partial charge is 0.238 e. The van der Waals surface area contributed by atoms with Crippen LogP contribution in [0.2, 0.25) is 0 Å². The minimum atomic E-state index is -0.124. The first-order valence-corrected chi connectivity index (χ1v) is 9.89. The molecular weight excluding hydrogens is 370 g/mol. The number of nitrogens with one attached hydrogen (secondary N) is 2. The summed E-state index contributed by atoms with van der Waals surface area (Å²) >= 11 is 0. The van der Waals surface area contributed by atoms with Gasteiger partial charge in [0.2, 0.25) is 11.8 Å². The predicted octanol–water partition coefficient (Wildman–Crippen LogP) is 3.19. The zero-order valence-corrected chi connectivity index (χ0v) is 16.4. The van der Waals surface area contributed by atoms with E-state index in [9.17, 15) is 9.59 Å². The molecule has 0 bridgehead atoms. The third-order valence-electron chi connectivity index (χ3n) is 5.15. The van der Waals surface area contributed by atoms with Gasteiger partial charge in [0.25, 0.3) is 0 Å². The number of likely N-dealkylation sites (tertiary alicyclic amines) is 1. The molecule has 7 heteroatoms. The van der Waals surface area contributed by atoms with Crippen LogP contribution in [0.25, 0.3) is 0 Å². The van der Waals surface area contributed by atoms with E-state index in [0.717, 1.165) is 36.4 Å². The molecule has 1 atom stereocenters. The predicted molar refractivity (Wildman–Crippen MR) is 110 cm³/mol. The van der Waals surface area contributed by atoms with E-state index >= 15 is 0 Å². The SMILES string of the molecule is CC(=O)Nc1ccc(NC(=O)CN2CCC[C@H]2c2ccc3c(c2)OCCO3)cc1. The number of amides is 2. The van der Waals surface area contributed by atoms with Crippen molar-refractivity contribution in [2.45, 2.75) is 25.8 Å². The zero-order valence-electron chi connectivity index (χ0n) is 16.4. The maximum Gasteiger partial charge on any atom is 0.238 e. The Morgan fingerprint density at radius 3 is 2.41 bits per heavy atom. The van der Waals surface area contributed by atoms with Gasteiger partial charge in [-0.2, -0.15) is 0 Å². The maximum atomic E-state index is 12.6. The summed E-state index contributed by atoms with van der Waals surface area (Å²) in [5.41, 5.74) is 2.56. The molecule has 2 heterocycles. The average molecular weight is 395 g/mol. The van der Waals surface area contributed by atoms with Crippen molar-refractivity contribution in [2.24, 2.45) is 0 Å². The first-order valence-electron chi connectivity index (χ1n) is 9.89. The van der Waals surface area contributed by atoms with Gasteiger partial charge in [0.1, 0.15) is 13.2 Å². The molecule has 152 valence electrons. The van der Waals surface area contributed by atoms with E-state index in [1.54, 1.807) is 24.3 Å². The second kappa shape index (κ2) is 8.53. The van der Waals surface area contributed by atoms with Crippen molar-refractivity contribution in [3.05, 3.63) is 48.0 Å². The molecule has 4 rings (SSSR count). The fourth-order valence-corrected chi connectivity index (χ4v) is 3.89. The van der Waals surface area contributed by atoms with Crippen molar-refractivity contribution < 1.29 is 19.1 Å².